The molecule has 0 fully saturated rings. The van der Waals surface area contributed by atoms with Crippen molar-refractivity contribution in [2.75, 3.05) is 18.5 Å². The first-order valence-corrected chi connectivity index (χ1v) is 6.36. The summed E-state index contributed by atoms with van der Waals surface area (Å²) < 4.78 is 12.7. The molecule has 0 radical (unpaired) electrons. The number of tetrazole rings is 1. The van der Waals surface area contributed by atoms with Crippen molar-refractivity contribution in [1.29, 1.82) is 0 Å². The van der Waals surface area contributed by atoms with Gasteiger partial charge in [-0.1, -0.05) is 17.2 Å². The van der Waals surface area contributed by atoms with Crippen LogP contribution in [0.4, 0.5) is 5.95 Å². The van der Waals surface area contributed by atoms with Gasteiger partial charge in [0.2, 0.25) is 5.95 Å². The molecule has 0 aliphatic carbocycles. The van der Waals surface area contributed by atoms with Gasteiger partial charge in [-0.05, 0) is 28.1 Å². The number of hydrogen-bond acceptors (Lipinski definition) is 6. The first kappa shape index (κ1) is 12.5. The maximum absolute atomic E-state index is 5.55. The van der Waals surface area contributed by atoms with Gasteiger partial charge in [0.15, 0.2) is 11.5 Å². The number of allylic oxidation sites excluding steroid dienone is 1. The summed E-state index contributed by atoms with van der Waals surface area (Å²) in [5.41, 5.74) is 1.07. The van der Waals surface area contributed by atoms with E-state index in [2.05, 4.69) is 27.4 Å². The zero-order valence-electron chi connectivity index (χ0n) is 11.0. The minimum absolute atomic E-state index is 0.566. The maximum atomic E-state index is 5.55. The summed E-state index contributed by atoms with van der Waals surface area (Å²) in [4.78, 5) is 0. The molecule has 7 nitrogen and oxygen atoms in total. The Morgan fingerprint density at radius 1 is 1.30 bits per heavy atom. The van der Waals surface area contributed by atoms with Crippen molar-refractivity contribution in [3.8, 4) is 11.5 Å². The zero-order valence-corrected chi connectivity index (χ0v) is 11.0. The summed E-state index contributed by atoms with van der Waals surface area (Å²) in [6, 6.07) is 5.86. The highest BCUT2D eigenvalue weighted by molar-refractivity contribution is 5.44. The van der Waals surface area contributed by atoms with Crippen LogP contribution in [-0.4, -0.2) is 33.4 Å². The normalized spacial score (nSPS) is 13.0. The van der Waals surface area contributed by atoms with Gasteiger partial charge in [0.05, 0.1) is 6.54 Å². The fourth-order valence-corrected chi connectivity index (χ4v) is 1.96. The van der Waals surface area contributed by atoms with E-state index < -0.39 is 0 Å². The smallest absolute Gasteiger partial charge is 0.243 e. The standard InChI is InChI=1S/C13H15N5O2/c1-2-5-18-13(15-16-17-18)14-9-10-3-4-11-12(8-10)20-7-6-19-11/h2-4,8H,1,5-7,9H2,(H,14,15,17). The molecule has 1 aliphatic heterocycles. The third kappa shape index (κ3) is 2.56. The average molecular weight is 273 g/mol. The minimum Gasteiger partial charge on any atom is -0.486 e. The maximum Gasteiger partial charge on any atom is 0.243 e. The predicted molar refractivity (Wildman–Crippen MR) is 72.8 cm³/mol. The van der Waals surface area contributed by atoms with E-state index in [0.717, 1.165) is 17.1 Å². The summed E-state index contributed by atoms with van der Waals surface area (Å²) in [6.07, 6.45) is 1.74. The zero-order chi connectivity index (χ0) is 13.8. The quantitative estimate of drug-likeness (QED) is 0.826. The van der Waals surface area contributed by atoms with Crippen LogP contribution in [0.1, 0.15) is 5.56 Å². The number of nitrogens with zero attached hydrogens (tertiary/aromatic N) is 4. The molecule has 0 bridgehead atoms. The lowest BCUT2D eigenvalue weighted by molar-refractivity contribution is 0.171. The van der Waals surface area contributed by atoms with Crippen LogP contribution in [0.2, 0.25) is 0 Å². The van der Waals surface area contributed by atoms with Gasteiger partial charge in [-0.15, -0.1) is 6.58 Å². The molecule has 104 valence electrons. The first-order valence-electron chi connectivity index (χ1n) is 6.36. The summed E-state index contributed by atoms with van der Waals surface area (Å²) in [5, 5.41) is 14.6. The average Bonchev–Trinajstić information content (AvgIpc) is 2.93. The molecule has 1 aromatic heterocycles. The molecule has 2 aromatic rings. The predicted octanol–water partition coefficient (Wildman–Crippen LogP) is 1.24. The molecule has 1 N–H and O–H groups in total. The fraction of sp³-hybridized carbons (Fsp3) is 0.308. The SMILES string of the molecule is C=CCn1nnnc1NCc1ccc2c(c1)OCCO2. The minimum atomic E-state index is 0.566. The van der Waals surface area contributed by atoms with Gasteiger partial charge in [-0.25, -0.2) is 4.68 Å². The van der Waals surface area contributed by atoms with Gasteiger partial charge in [-0.3, -0.25) is 0 Å². The van der Waals surface area contributed by atoms with Crippen LogP contribution in [0, 0.1) is 0 Å². The Labute approximate surface area is 116 Å². The van der Waals surface area contributed by atoms with Gasteiger partial charge < -0.3 is 14.8 Å². The number of aromatic nitrogens is 4. The van der Waals surface area contributed by atoms with Crippen LogP contribution in [0.25, 0.3) is 0 Å². The number of fused-ring (bicyclic) bond motifs is 1. The number of rotatable bonds is 5. The third-order valence-electron chi connectivity index (χ3n) is 2.89. The summed E-state index contributed by atoms with van der Waals surface area (Å²) >= 11 is 0. The number of hydrogen-bond donors (Lipinski definition) is 1. The number of nitrogens with one attached hydrogen (secondary N) is 1. The van der Waals surface area contributed by atoms with Crippen molar-refractivity contribution in [3.63, 3.8) is 0 Å². The van der Waals surface area contributed by atoms with Crippen LogP contribution >= 0.6 is 0 Å². The van der Waals surface area contributed by atoms with E-state index in [-0.39, 0.29) is 0 Å². The van der Waals surface area contributed by atoms with Crippen LogP contribution in [-0.2, 0) is 13.1 Å². The molecule has 1 aromatic carbocycles. The molecular formula is C13H15N5O2. The molecule has 1 aliphatic rings. The van der Waals surface area contributed by atoms with Gasteiger partial charge >= 0.3 is 0 Å². The molecule has 2 heterocycles. The van der Waals surface area contributed by atoms with Gasteiger partial charge in [0, 0.05) is 6.54 Å². The molecule has 0 atom stereocenters. The lowest BCUT2D eigenvalue weighted by Gasteiger charge is -2.18. The lowest BCUT2D eigenvalue weighted by Crippen LogP contribution is -2.15. The van der Waals surface area contributed by atoms with Crippen molar-refractivity contribution in [3.05, 3.63) is 36.4 Å². The Kier molecular flexibility index (Phi) is 3.49. The van der Waals surface area contributed by atoms with E-state index in [4.69, 9.17) is 9.47 Å². The number of benzene rings is 1. The molecule has 3 rings (SSSR count). The first-order chi connectivity index (χ1) is 9.86. The molecule has 0 spiro atoms. The Morgan fingerprint density at radius 3 is 3.00 bits per heavy atom. The molecule has 0 saturated carbocycles. The summed E-state index contributed by atoms with van der Waals surface area (Å²) in [5.74, 6) is 2.18. The highest BCUT2D eigenvalue weighted by atomic mass is 16.6. The van der Waals surface area contributed by atoms with E-state index >= 15 is 0 Å². The molecular weight excluding hydrogens is 258 g/mol. The largest absolute Gasteiger partial charge is 0.486 e. The Morgan fingerprint density at radius 2 is 2.15 bits per heavy atom. The lowest BCUT2D eigenvalue weighted by atomic mass is 10.2. The van der Waals surface area contributed by atoms with E-state index in [1.165, 1.54) is 0 Å². The monoisotopic (exact) mass is 273 g/mol. The van der Waals surface area contributed by atoms with Crippen LogP contribution in [0.3, 0.4) is 0 Å². The topological polar surface area (TPSA) is 74.1 Å². The summed E-state index contributed by atoms with van der Waals surface area (Å²) in [6.45, 7) is 6.02. The Balaban J connectivity index is 1.69. The fourth-order valence-electron chi connectivity index (χ4n) is 1.96. The van der Waals surface area contributed by atoms with Crippen molar-refractivity contribution in [2.45, 2.75) is 13.1 Å². The van der Waals surface area contributed by atoms with Gasteiger partial charge in [0.25, 0.3) is 0 Å². The molecule has 0 unspecified atom stereocenters. The van der Waals surface area contributed by atoms with Crippen molar-refractivity contribution in [1.82, 2.24) is 20.2 Å². The van der Waals surface area contributed by atoms with E-state index in [9.17, 15) is 0 Å². The second-order valence-corrected chi connectivity index (χ2v) is 4.30. The second-order valence-electron chi connectivity index (χ2n) is 4.30. The Bertz CT molecular complexity index is 611. The van der Waals surface area contributed by atoms with Crippen molar-refractivity contribution < 1.29 is 9.47 Å². The van der Waals surface area contributed by atoms with Crippen LogP contribution in [0.15, 0.2) is 30.9 Å². The van der Waals surface area contributed by atoms with Crippen LogP contribution < -0.4 is 14.8 Å². The van der Waals surface area contributed by atoms with Gasteiger partial charge in [-0.2, -0.15) is 0 Å². The highest BCUT2D eigenvalue weighted by Crippen LogP contribution is 2.30. The number of anilines is 1. The molecule has 20 heavy (non-hydrogen) atoms. The van der Waals surface area contributed by atoms with E-state index in [1.807, 2.05) is 18.2 Å². The number of ether oxygens (including phenoxy) is 2. The summed E-state index contributed by atoms with van der Waals surface area (Å²) in [7, 11) is 0. The second kappa shape index (κ2) is 5.60. The van der Waals surface area contributed by atoms with Crippen LogP contribution in [0.5, 0.6) is 11.5 Å². The highest BCUT2D eigenvalue weighted by Gasteiger charge is 2.12. The van der Waals surface area contributed by atoms with E-state index in [1.54, 1.807) is 10.8 Å². The van der Waals surface area contributed by atoms with Crippen molar-refractivity contribution in [2.24, 2.45) is 0 Å². The van der Waals surface area contributed by atoms with E-state index in [0.29, 0.717) is 32.3 Å². The van der Waals surface area contributed by atoms with Crippen molar-refractivity contribution >= 4 is 5.95 Å². The Hall–Kier alpha value is -2.57. The molecule has 0 amide bonds. The molecule has 0 saturated heterocycles. The third-order valence-corrected chi connectivity index (χ3v) is 2.89. The van der Waals surface area contributed by atoms with Gasteiger partial charge in [0.1, 0.15) is 13.2 Å². The molecule has 7 heteroatoms.